The van der Waals surface area contributed by atoms with Crippen LogP contribution < -0.4 is 20.1 Å². The molecule has 1 heterocycles. The number of likely N-dealkylation sites (tertiary alicyclic amines) is 1. The molecule has 0 unspecified atom stereocenters. The van der Waals surface area contributed by atoms with E-state index in [1.807, 2.05) is 6.92 Å². The van der Waals surface area contributed by atoms with Crippen LogP contribution in [0.25, 0.3) is 0 Å². The fourth-order valence-corrected chi connectivity index (χ4v) is 3.39. The van der Waals surface area contributed by atoms with E-state index in [4.69, 9.17) is 9.47 Å². The van der Waals surface area contributed by atoms with E-state index in [1.54, 1.807) is 19.2 Å². The summed E-state index contributed by atoms with van der Waals surface area (Å²) in [6.45, 7) is 3.29. The van der Waals surface area contributed by atoms with Crippen molar-refractivity contribution in [2.75, 3.05) is 40.4 Å². The Bertz CT molecular complexity index is 748. The average molecular weight is 444 g/mol. The number of amides is 1. The first-order chi connectivity index (χ1) is 14.8. The van der Waals surface area contributed by atoms with E-state index in [-0.39, 0.29) is 17.4 Å². The Labute approximate surface area is 181 Å². The number of aliphatic imine (C=N–C) groups is 1. The molecule has 0 spiro atoms. The fraction of sp³-hybridized carbons (Fsp3) is 0.619. The van der Waals surface area contributed by atoms with Crippen LogP contribution in [0.15, 0.2) is 23.2 Å². The first-order valence-corrected chi connectivity index (χ1v) is 10.4. The Balaban J connectivity index is 2.01. The second-order valence-electron chi connectivity index (χ2n) is 7.37. The molecule has 1 amide bonds. The van der Waals surface area contributed by atoms with Gasteiger partial charge in [0.25, 0.3) is 0 Å². The lowest BCUT2D eigenvalue weighted by atomic mass is 9.93. The third-order valence-corrected chi connectivity index (χ3v) is 5.03. The van der Waals surface area contributed by atoms with Crippen molar-refractivity contribution in [2.24, 2.45) is 10.9 Å². The van der Waals surface area contributed by atoms with Gasteiger partial charge in [0.2, 0.25) is 5.91 Å². The molecular weight excluding hydrogens is 413 g/mol. The predicted octanol–water partition coefficient (Wildman–Crippen LogP) is 2.95. The zero-order chi connectivity index (χ0) is 22.9. The van der Waals surface area contributed by atoms with E-state index in [0.29, 0.717) is 25.4 Å². The van der Waals surface area contributed by atoms with Gasteiger partial charge in [0, 0.05) is 33.1 Å². The van der Waals surface area contributed by atoms with E-state index in [2.05, 4.69) is 20.5 Å². The summed E-state index contributed by atoms with van der Waals surface area (Å²) in [5, 5.41) is 5.95. The molecule has 2 rings (SSSR count). The van der Waals surface area contributed by atoms with E-state index in [0.717, 1.165) is 37.5 Å². The standard InChI is InChI=1S/C21H31F3N4O3/c1-4-26-20(28-9-7-15(8-10-28)12-19(29)25-2)27-13-16-5-6-17(18(11-16)30-3)31-14-21(22,23)24/h5-6,11,15H,4,7-10,12-14H2,1-3H3,(H,25,29)(H,26,27). The number of hydrogen-bond donors (Lipinski definition) is 2. The number of rotatable bonds is 8. The summed E-state index contributed by atoms with van der Waals surface area (Å²) in [5.41, 5.74) is 0.793. The molecule has 1 fully saturated rings. The van der Waals surface area contributed by atoms with Crippen LogP contribution in [0.4, 0.5) is 13.2 Å². The summed E-state index contributed by atoms with van der Waals surface area (Å²) in [6, 6.07) is 4.78. The second-order valence-corrected chi connectivity index (χ2v) is 7.37. The maximum atomic E-state index is 12.4. The molecular formula is C21H31F3N4O3. The molecule has 1 aliphatic heterocycles. The smallest absolute Gasteiger partial charge is 0.422 e. The van der Waals surface area contributed by atoms with Gasteiger partial charge in [0.05, 0.1) is 13.7 Å². The topological polar surface area (TPSA) is 75.2 Å². The van der Waals surface area contributed by atoms with Crippen LogP contribution in [0.2, 0.25) is 0 Å². The molecule has 1 aliphatic rings. The Kier molecular flexibility index (Phi) is 9.26. The normalized spacial score (nSPS) is 15.5. The van der Waals surface area contributed by atoms with E-state index >= 15 is 0 Å². The molecule has 174 valence electrons. The highest BCUT2D eigenvalue weighted by Crippen LogP contribution is 2.30. The zero-order valence-corrected chi connectivity index (χ0v) is 18.2. The maximum absolute atomic E-state index is 12.4. The van der Waals surface area contributed by atoms with Gasteiger partial charge in [-0.25, -0.2) is 4.99 Å². The second kappa shape index (κ2) is 11.7. The van der Waals surface area contributed by atoms with Gasteiger partial charge in [0.15, 0.2) is 24.1 Å². The lowest BCUT2D eigenvalue weighted by Crippen LogP contribution is -2.46. The molecule has 0 saturated carbocycles. The molecule has 0 bridgehead atoms. The lowest BCUT2D eigenvalue weighted by Gasteiger charge is -2.34. The Morgan fingerprint density at radius 2 is 1.97 bits per heavy atom. The minimum absolute atomic E-state index is 0.0395. The number of alkyl halides is 3. The quantitative estimate of drug-likeness (QED) is 0.476. The van der Waals surface area contributed by atoms with Crippen molar-refractivity contribution in [1.29, 1.82) is 0 Å². The first-order valence-electron chi connectivity index (χ1n) is 10.4. The Morgan fingerprint density at radius 1 is 1.26 bits per heavy atom. The number of carbonyl (C=O) groups is 1. The van der Waals surface area contributed by atoms with Crippen LogP contribution >= 0.6 is 0 Å². The van der Waals surface area contributed by atoms with E-state index in [1.165, 1.54) is 13.2 Å². The van der Waals surface area contributed by atoms with Gasteiger partial charge in [-0.15, -0.1) is 0 Å². The number of nitrogens with zero attached hydrogens (tertiary/aromatic N) is 2. The molecule has 2 N–H and O–H groups in total. The fourth-order valence-electron chi connectivity index (χ4n) is 3.39. The van der Waals surface area contributed by atoms with Gasteiger partial charge in [-0.3, -0.25) is 4.79 Å². The number of guanidine groups is 1. The minimum atomic E-state index is -4.41. The van der Waals surface area contributed by atoms with Crippen molar-refractivity contribution in [2.45, 2.75) is 38.9 Å². The predicted molar refractivity (Wildman–Crippen MR) is 112 cm³/mol. The van der Waals surface area contributed by atoms with Crippen molar-refractivity contribution in [3.05, 3.63) is 23.8 Å². The third-order valence-electron chi connectivity index (χ3n) is 5.03. The highest BCUT2D eigenvalue weighted by Gasteiger charge is 2.29. The van der Waals surface area contributed by atoms with Crippen LogP contribution in [-0.4, -0.2) is 63.3 Å². The summed E-state index contributed by atoms with van der Waals surface area (Å²) in [5.74, 6) is 1.48. The molecule has 31 heavy (non-hydrogen) atoms. The number of halogens is 3. The van der Waals surface area contributed by atoms with Gasteiger partial charge in [-0.2, -0.15) is 13.2 Å². The summed E-state index contributed by atoms with van der Waals surface area (Å²) < 4.78 is 47.2. The number of benzene rings is 1. The molecule has 0 aromatic heterocycles. The molecule has 7 nitrogen and oxygen atoms in total. The van der Waals surface area contributed by atoms with Crippen LogP contribution in [0.1, 0.15) is 31.7 Å². The molecule has 1 aromatic rings. The van der Waals surface area contributed by atoms with Gasteiger partial charge in [-0.05, 0) is 43.4 Å². The highest BCUT2D eigenvalue weighted by molar-refractivity contribution is 5.80. The van der Waals surface area contributed by atoms with Crippen molar-refractivity contribution in [3.63, 3.8) is 0 Å². The number of piperidine rings is 1. The molecule has 1 aromatic carbocycles. The van der Waals surface area contributed by atoms with Crippen LogP contribution in [0.5, 0.6) is 11.5 Å². The van der Waals surface area contributed by atoms with Crippen molar-refractivity contribution in [3.8, 4) is 11.5 Å². The number of methoxy groups -OCH3 is 1. The SMILES string of the molecule is CCNC(=NCc1ccc(OCC(F)(F)F)c(OC)c1)N1CCC(CC(=O)NC)CC1. The number of ether oxygens (including phenoxy) is 2. The third kappa shape index (κ3) is 8.18. The zero-order valence-electron chi connectivity index (χ0n) is 18.2. The number of hydrogen-bond acceptors (Lipinski definition) is 4. The van der Waals surface area contributed by atoms with E-state index < -0.39 is 12.8 Å². The molecule has 0 radical (unpaired) electrons. The molecule has 10 heteroatoms. The van der Waals surface area contributed by atoms with Crippen molar-refractivity contribution >= 4 is 11.9 Å². The summed E-state index contributed by atoms with van der Waals surface area (Å²) in [4.78, 5) is 18.4. The number of carbonyl (C=O) groups excluding carboxylic acids is 1. The van der Waals surface area contributed by atoms with Crippen LogP contribution in [0, 0.1) is 5.92 Å². The molecule has 0 aliphatic carbocycles. The van der Waals surface area contributed by atoms with Gasteiger partial charge in [-0.1, -0.05) is 6.07 Å². The Morgan fingerprint density at radius 3 is 2.55 bits per heavy atom. The number of nitrogens with one attached hydrogen (secondary N) is 2. The van der Waals surface area contributed by atoms with Gasteiger partial charge in [0.1, 0.15) is 0 Å². The average Bonchev–Trinajstić information content (AvgIpc) is 2.75. The first kappa shape index (κ1) is 24.6. The summed E-state index contributed by atoms with van der Waals surface area (Å²) in [7, 11) is 3.03. The summed E-state index contributed by atoms with van der Waals surface area (Å²) in [6.07, 6.45) is -2.04. The summed E-state index contributed by atoms with van der Waals surface area (Å²) >= 11 is 0. The Hall–Kier alpha value is -2.65. The largest absolute Gasteiger partial charge is 0.493 e. The lowest BCUT2D eigenvalue weighted by molar-refractivity contribution is -0.153. The highest BCUT2D eigenvalue weighted by atomic mass is 19.4. The molecule has 1 saturated heterocycles. The van der Waals surface area contributed by atoms with Crippen LogP contribution in [0.3, 0.4) is 0 Å². The minimum Gasteiger partial charge on any atom is -0.493 e. The van der Waals surface area contributed by atoms with Crippen molar-refractivity contribution < 1.29 is 27.4 Å². The maximum Gasteiger partial charge on any atom is 0.422 e. The molecule has 0 atom stereocenters. The van der Waals surface area contributed by atoms with Crippen LogP contribution in [-0.2, 0) is 11.3 Å². The monoisotopic (exact) mass is 444 g/mol. The van der Waals surface area contributed by atoms with Crippen molar-refractivity contribution in [1.82, 2.24) is 15.5 Å². The van der Waals surface area contributed by atoms with Gasteiger partial charge >= 0.3 is 6.18 Å². The van der Waals surface area contributed by atoms with Gasteiger partial charge < -0.3 is 25.0 Å². The van der Waals surface area contributed by atoms with E-state index in [9.17, 15) is 18.0 Å².